The summed E-state index contributed by atoms with van der Waals surface area (Å²) in [5, 5.41) is 2.76. The summed E-state index contributed by atoms with van der Waals surface area (Å²) in [5.41, 5.74) is 9.28. The van der Waals surface area contributed by atoms with Crippen molar-refractivity contribution in [2.75, 3.05) is 0 Å². The van der Waals surface area contributed by atoms with Crippen molar-refractivity contribution < 1.29 is 9.59 Å². The number of amides is 2. The molecule has 5 N–H and O–H groups in total. The van der Waals surface area contributed by atoms with E-state index in [4.69, 9.17) is 23.7 Å². The zero-order valence-electron chi connectivity index (χ0n) is 9.50. The number of primary amides is 1. The SMILES string of the molecule is CC(C)(CC(N)=O)NC(=O)C1(C(N)=S)CC1. The summed E-state index contributed by atoms with van der Waals surface area (Å²) >= 11 is 4.87. The molecule has 1 saturated carbocycles. The maximum absolute atomic E-state index is 11.9. The van der Waals surface area contributed by atoms with Crippen molar-refractivity contribution >= 4 is 29.0 Å². The Hall–Kier alpha value is -1.17. The molecule has 0 radical (unpaired) electrons. The Kier molecular flexibility index (Phi) is 3.23. The van der Waals surface area contributed by atoms with Crippen molar-refractivity contribution in [3.05, 3.63) is 0 Å². The van der Waals surface area contributed by atoms with Crippen molar-refractivity contribution in [3.63, 3.8) is 0 Å². The molecule has 0 aliphatic heterocycles. The number of rotatable bonds is 5. The fraction of sp³-hybridized carbons (Fsp3) is 0.700. The number of thiocarbonyl (C=S) groups is 1. The molecule has 0 bridgehead atoms. The second kappa shape index (κ2) is 4.01. The van der Waals surface area contributed by atoms with Gasteiger partial charge in [0.05, 0.1) is 10.4 Å². The predicted molar refractivity (Wildman–Crippen MR) is 64.5 cm³/mol. The van der Waals surface area contributed by atoms with Crippen molar-refractivity contribution in [1.82, 2.24) is 5.32 Å². The average Bonchev–Trinajstić information content (AvgIpc) is 2.78. The highest BCUT2D eigenvalue weighted by atomic mass is 32.1. The van der Waals surface area contributed by atoms with E-state index in [1.807, 2.05) is 0 Å². The van der Waals surface area contributed by atoms with Gasteiger partial charge in [-0.2, -0.15) is 0 Å². The van der Waals surface area contributed by atoms with Crippen molar-refractivity contribution in [1.29, 1.82) is 0 Å². The summed E-state index contributed by atoms with van der Waals surface area (Å²) in [5.74, 6) is -0.656. The van der Waals surface area contributed by atoms with Gasteiger partial charge in [-0.3, -0.25) is 9.59 Å². The van der Waals surface area contributed by atoms with Gasteiger partial charge in [0.2, 0.25) is 11.8 Å². The van der Waals surface area contributed by atoms with Gasteiger partial charge in [-0.05, 0) is 26.7 Å². The highest BCUT2D eigenvalue weighted by molar-refractivity contribution is 7.80. The van der Waals surface area contributed by atoms with Crippen molar-refractivity contribution in [2.24, 2.45) is 16.9 Å². The Labute approximate surface area is 99.9 Å². The van der Waals surface area contributed by atoms with Crippen LogP contribution in [-0.2, 0) is 9.59 Å². The first-order valence-electron chi connectivity index (χ1n) is 5.10. The van der Waals surface area contributed by atoms with Crippen LogP contribution in [-0.4, -0.2) is 22.3 Å². The molecule has 0 saturated heterocycles. The van der Waals surface area contributed by atoms with E-state index in [9.17, 15) is 9.59 Å². The molecule has 0 atom stereocenters. The first kappa shape index (κ1) is 12.9. The largest absolute Gasteiger partial charge is 0.392 e. The van der Waals surface area contributed by atoms with E-state index in [-0.39, 0.29) is 17.3 Å². The molecule has 1 rings (SSSR count). The van der Waals surface area contributed by atoms with Crippen LogP contribution >= 0.6 is 12.2 Å². The van der Waals surface area contributed by atoms with Gasteiger partial charge in [-0.15, -0.1) is 0 Å². The molecule has 2 amide bonds. The van der Waals surface area contributed by atoms with E-state index in [1.165, 1.54) is 0 Å². The Morgan fingerprint density at radius 3 is 2.19 bits per heavy atom. The Bertz CT molecular complexity index is 348. The molecule has 1 aliphatic carbocycles. The molecule has 1 fully saturated rings. The van der Waals surface area contributed by atoms with Crippen LogP contribution in [0, 0.1) is 5.41 Å². The van der Waals surface area contributed by atoms with Gasteiger partial charge in [0.1, 0.15) is 0 Å². The second-order valence-corrected chi connectivity index (χ2v) is 5.37. The minimum atomic E-state index is -0.690. The van der Waals surface area contributed by atoms with Gasteiger partial charge in [-0.1, -0.05) is 12.2 Å². The molecular formula is C10H17N3O2S. The van der Waals surface area contributed by atoms with Crippen molar-refractivity contribution in [3.8, 4) is 0 Å². The monoisotopic (exact) mass is 243 g/mol. The number of hydrogen-bond acceptors (Lipinski definition) is 3. The number of carbonyl (C=O) groups excluding carboxylic acids is 2. The van der Waals surface area contributed by atoms with E-state index in [0.717, 1.165) is 0 Å². The lowest BCUT2D eigenvalue weighted by Gasteiger charge is -2.27. The molecule has 5 nitrogen and oxygen atoms in total. The number of carbonyl (C=O) groups is 2. The lowest BCUT2D eigenvalue weighted by atomic mass is 9.97. The van der Waals surface area contributed by atoms with Crippen LogP contribution < -0.4 is 16.8 Å². The van der Waals surface area contributed by atoms with Crippen LogP contribution in [0.2, 0.25) is 0 Å². The van der Waals surface area contributed by atoms with Gasteiger partial charge < -0.3 is 16.8 Å². The molecule has 16 heavy (non-hydrogen) atoms. The van der Waals surface area contributed by atoms with E-state index in [0.29, 0.717) is 12.8 Å². The quantitative estimate of drug-likeness (QED) is 0.583. The highest BCUT2D eigenvalue weighted by Gasteiger charge is 2.53. The molecule has 0 aromatic carbocycles. The fourth-order valence-corrected chi connectivity index (χ4v) is 1.91. The topological polar surface area (TPSA) is 98.2 Å². The van der Waals surface area contributed by atoms with E-state index in [1.54, 1.807) is 13.8 Å². The summed E-state index contributed by atoms with van der Waals surface area (Å²) in [6, 6.07) is 0. The third kappa shape index (κ3) is 2.69. The molecule has 6 heteroatoms. The molecule has 0 unspecified atom stereocenters. The number of hydrogen-bond donors (Lipinski definition) is 3. The first-order chi connectivity index (χ1) is 7.19. The normalized spacial score (nSPS) is 17.6. The predicted octanol–water partition coefficient (Wildman–Crippen LogP) is -0.177. The van der Waals surface area contributed by atoms with Gasteiger partial charge in [0.25, 0.3) is 0 Å². The second-order valence-electron chi connectivity index (χ2n) is 4.93. The van der Waals surface area contributed by atoms with Crippen LogP contribution in [0.4, 0.5) is 0 Å². The number of nitrogens with one attached hydrogen (secondary N) is 1. The summed E-state index contributed by atoms with van der Waals surface area (Å²) in [7, 11) is 0. The lowest BCUT2D eigenvalue weighted by molar-refractivity contribution is -0.126. The first-order valence-corrected chi connectivity index (χ1v) is 5.51. The van der Waals surface area contributed by atoms with E-state index >= 15 is 0 Å². The summed E-state index contributed by atoms with van der Waals surface area (Å²) in [6.07, 6.45) is 1.45. The van der Waals surface area contributed by atoms with E-state index < -0.39 is 16.9 Å². The molecular weight excluding hydrogens is 226 g/mol. The maximum atomic E-state index is 11.9. The van der Waals surface area contributed by atoms with Gasteiger partial charge in [0, 0.05) is 12.0 Å². The fourth-order valence-electron chi connectivity index (χ4n) is 1.62. The minimum absolute atomic E-state index is 0.0894. The van der Waals surface area contributed by atoms with Crippen LogP contribution in [0.25, 0.3) is 0 Å². The van der Waals surface area contributed by atoms with Crippen LogP contribution in [0.5, 0.6) is 0 Å². The standard InChI is InChI=1S/C10H17N3O2S/c1-9(2,5-6(11)14)13-8(15)10(3-4-10)7(12)16/h3-5H2,1-2H3,(H2,11,14)(H2,12,16)(H,13,15). The van der Waals surface area contributed by atoms with Gasteiger partial charge in [0.15, 0.2) is 0 Å². The molecule has 1 aliphatic rings. The Balaban J connectivity index is 2.64. The molecule has 0 aromatic rings. The summed E-state index contributed by atoms with van der Waals surface area (Å²) in [6.45, 7) is 3.48. The third-order valence-electron chi connectivity index (χ3n) is 2.72. The maximum Gasteiger partial charge on any atom is 0.233 e. The van der Waals surface area contributed by atoms with E-state index in [2.05, 4.69) is 5.32 Å². The Morgan fingerprint density at radius 1 is 1.38 bits per heavy atom. The summed E-state index contributed by atoms with van der Waals surface area (Å²) in [4.78, 5) is 23.0. The minimum Gasteiger partial charge on any atom is -0.392 e. The molecule has 0 spiro atoms. The molecule has 90 valence electrons. The third-order valence-corrected chi connectivity index (χ3v) is 3.12. The summed E-state index contributed by atoms with van der Waals surface area (Å²) < 4.78 is 0. The van der Waals surface area contributed by atoms with Gasteiger partial charge in [-0.25, -0.2) is 0 Å². The molecule has 0 aromatic heterocycles. The van der Waals surface area contributed by atoms with Crippen LogP contribution in [0.1, 0.15) is 33.1 Å². The smallest absolute Gasteiger partial charge is 0.233 e. The van der Waals surface area contributed by atoms with Crippen LogP contribution in [0.3, 0.4) is 0 Å². The highest BCUT2D eigenvalue weighted by Crippen LogP contribution is 2.46. The zero-order chi connectivity index (χ0) is 12.6. The van der Waals surface area contributed by atoms with Crippen LogP contribution in [0.15, 0.2) is 0 Å². The van der Waals surface area contributed by atoms with Gasteiger partial charge >= 0.3 is 0 Å². The lowest BCUT2D eigenvalue weighted by Crippen LogP contribution is -2.51. The van der Waals surface area contributed by atoms with Crippen molar-refractivity contribution in [2.45, 2.75) is 38.6 Å². The average molecular weight is 243 g/mol. The Morgan fingerprint density at radius 2 is 1.88 bits per heavy atom. The number of nitrogens with two attached hydrogens (primary N) is 2. The molecule has 0 heterocycles. The zero-order valence-corrected chi connectivity index (χ0v) is 10.3.